The van der Waals surface area contributed by atoms with E-state index in [-0.39, 0.29) is 12.9 Å². The average molecular weight is 657 g/mol. The molecule has 1 saturated heterocycles. The zero-order valence-electron chi connectivity index (χ0n) is 26.6. The van der Waals surface area contributed by atoms with Crippen LogP contribution in [-0.2, 0) is 22.5 Å². The lowest BCUT2D eigenvalue weighted by Crippen LogP contribution is -2.40. The minimum Gasteiger partial charge on any atom is -0.467 e. The van der Waals surface area contributed by atoms with Crippen LogP contribution in [0.5, 0.6) is 5.75 Å². The van der Waals surface area contributed by atoms with Crippen molar-refractivity contribution >= 4 is 52.2 Å². The molecule has 0 bridgehead atoms. The highest BCUT2D eigenvalue weighted by atomic mass is 32.2. The highest BCUT2D eigenvalue weighted by molar-refractivity contribution is 8.01. The number of aromatic nitrogens is 1. The fourth-order valence-electron chi connectivity index (χ4n) is 5.77. The Morgan fingerprint density at radius 1 is 0.956 bits per heavy atom. The van der Waals surface area contributed by atoms with Crippen LogP contribution in [0.3, 0.4) is 0 Å². The van der Waals surface area contributed by atoms with E-state index in [4.69, 9.17) is 19.2 Å². The van der Waals surface area contributed by atoms with Crippen molar-refractivity contribution in [2.75, 3.05) is 32.2 Å². The van der Waals surface area contributed by atoms with Gasteiger partial charge in [0.05, 0.1) is 22.9 Å². The van der Waals surface area contributed by atoms with E-state index in [0.717, 1.165) is 76.3 Å². The molecule has 1 aliphatic rings. The third kappa shape index (κ3) is 8.97. The van der Waals surface area contributed by atoms with Crippen LogP contribution in [0, 0.1) is 0 Å². The number of para-hydroxylation sites is 1. The molecule has 5 aromatic rings. The number of hydrogen-bond donors (Lipinski definition) is 1. The molecule has 0 amide bonds. The standard InChI is InChI=1S/C37H44N2O3S2Si/c1-45(2,3)21-19-40-26-42-34-23-28(22-30-8-4-5-9-31(30)34)25-41-35-24-38-18-16-32(35)29-14-12-27(13-15-29)17-20-43-37-39-33-10-6-7-11-36(33)44-37/h4-15,22-23,32,35,38H,16-21,24-26H2,1-3H3. The first-order chi connectivity index (χ1) is 21.9. The predicted molar refractivity (Wildman–Crippen MR) is 193 cm³/mol. The van der Waals surface area contributed by atoms with Crippen molar-refractivity contribution in [3.05, 3.63) is 102 Å². The summed E-state index contributed by atoms with van der Waals surface area (Å²) in [5.74, 6) is 2.25. The molecule has 1 aliphatic heterocycles. The number of aryl methyl sites for hydroxylation is 1. The SMILES string of the molecule is C[Si](C)(C)CCOCOc1cc(COC2CNCCC2c2ccc(CCSc3nc4ccccc4s3)cc2)cc2ccccc12. The molecule has 5 nitrogen and oxygen atoms in total. The van der Waals surface area contributed by atoms with Crippen LogP contribution >= 0.6 is 23.1 Å². The number of nitrogens with zero attached hydrogens (tertiary/aromatic N) is 1. The number of nitrogens with one attached hydrogen (secondary N) is 1. The molecule has 8 heteroatoms. The van der Waals surface area contributed by atoms with Gasteiger partial charge in [-0.05, 0) is 71.8 Å². The minimum absolute atomic E-state index is 0.111. The van der Waals surface area contributed by atoms with Crippen LogP contribution in [0.2, 0.25) is 25.7 Å². The molecule has 0 aliphatic carbocycles. The number of ether oxygens (including phenoxy) is 3. The van der Waals surface area contributed by atoms with Gasteiger partial charge in [-0.15, -0.1) is 11.3 Å². The van der Waals surface area contributed by atoms with Gasteiger partial charge in [0.2, 0.25) is 0 Å². The predicted octanol–water partition coefficient (Wildman–Crippen LogP) is 9.14. The highest BCUT2D eigenvalue weighted by Crippen LogP contribution is 2.33. The average Bonchev–Trinajstić information content (AvgIpc) is 3.46. The molecular weight excluding hydrogens is 613 g/mol. The third-order valence-electron chi connectivity index (χ3n) is 8.37. The quantitative estimate of drug-likeness (QED) is 0.0557. The Kier molecular flexibility index (Phi) is 10.9. The zero-order valence-corrected chi connectivity index (χ0v) is 29.2. The second-order valence-corrected chi connectivity index (χ2v) is 21.0. The molecule has 0 saturated carbocycles. The van der Waals surface area contributed by atoms with Crippen molar-refractivity contribution in [1.29, 1.82) is 0 Å². The molecule has 6 rings (SSSR count). The van der Waals surface area contributed by atoms with Gasteiger partial charge in [0, 0.05) is 38.3 Å². The van der Waals surface area contributed by atoms with Crippen LogP contribution in [0.25, 0.3) is 21.0 Å². The maximum atomic E-state index is 6.64. The van der Waals surface area contributed by atoms with Crippen LogP contribution < -0.4 is 10.1 Å². The van der Waals surface area contributed by atoms with Crippen molar-refractivity contribution in [3.63, 3.8) is 0 Å². The summed E-state index contributed by atoms with van der Waals surface area (Å²) in [6, 6.07) is 31.5. The molecule has 1 N–H and O–H groups in total. The lowest BCUT2D eigenvalue weighted by atomic mass is 9.87. The molecule has 2 unspecified atom stereocenters. The number of rotatable bonds is 14. The number of thioether (sulfide) groups is 1. The van der Waals surface area contributed by atoms with Gasteiger partial charge in [0.1, 0.15) is 5.75 Å². The smallest absolute Gasteiger partial charge is 0.189 e. The molecule has 1 aromatic heterocycles. The van der Waals surface area contributed by atoms with E-state index in [9.17, 15) is 0 Å². The number of piperidine rings is 1. The van der Waals surface area contributed by atoms with Gasteiger partial charge in [-0.25, -0.2) is 4.98 Å². The zero-order chi connectivity index (χ0) is 31.1. The Morgan fingerprint density at radius 2 is 1.78 bits per heavy atom. The first-order valence-electron chi connectivity index (χ1n) is 16.0. The Bertz CT molecular complexity index is 1650. The summed E-state index contributed by atoms with van der Waals surface area (Å²) >= 11 is 3.64. The summed E-state index contributed by atoms with van der Waals surface area (Å²) in [5.41, 5.74) is 4.95. The second-order valence-electron chi connectivity index (χ2n) is 13.0. The van der Waals surface area contributed by atoms with Crippen LogP contribution in [-0.4, -0.2) is 51.4 Å². The van der Waals surface area contributed by atoms with Crippen LogP contribution in [0.4, 0.5) is 0 Å². The second kappa shape index (κ2) is 15.2. The largest absolute Gasteiger partial charge is 0.467 e. The normalized spacial score (nSPS) is 17.2. The molecule has 1 fully saturated rings. The Labute approximate surface area is 276 Å². The number of fused-ring (bicyclic) bond motifs is 2. The highest BCUT2D eigenvalue weighted by Gasteiger charge is 2.27. The van der Waals surface area contributed by atoms with Gasteiger partial charge < -0.3 is 19.5 Å². The molecule has 2 heterocycles. The van der Waals surface area contributed by atoms with E-state index >= 15 is 0 Å². The van der Waals surface area contributed by atoms with E-state index in [1.54, 1.807) is 11.3 Å². The maximum absolute atomic E-state index is 6.64. The minimum atomic E-state index is -1.13. The topological polar surface area (TPSA) is 52.6 Å². The lowest BCUT2D eigenvalue weighted by molar-refractivity contribution is 0.00982. The van der Waals surface area contributed by atoms with Crippen molar-refractivity contribution in [2.24, 2.45) is 0 Å². The van der Waals surface area contributed by atoms with E-state index in [0.29, 0.717) is 12.5 Å². The van der Waals surface area contributed by atoms with Gasteiger partial charge >= 0.3 is 0 Å². The number of hydrogen-bond acceptors (Lipinski definition) is 7. The molecule has 236 valence electrons. The van der Waals surface area contributed by atoms with E-state index in [2.05, 4.69) is 110 Å². The number of thiazole rings is 1. The fraction of sp³-hybridized carbons (Fsp3) is 0.378. The van der Waals surface area contributed by atoms with E-state index in [1.165, 1.54) is 15.8 Å². The molecule has 0 spiro atoms. The molecular formula is C37H44N2O3S2Si. The van der Waals surface area contributed by atoms with Gasteiger partial charge in [0.25, 0.3) is 0 Å². The Hall–Kier alpha value is -2.72. The van der Waals surface area contributed by atoms with E-state index in [1.807, 2.05) is 11.8 Å². The summed E-state index contributed by atoms with van der Waals surface area (Å²) in [5, 5.41) is 5.82. The molecule has 45 heavy (non-hydrogen) atoms. The molecule has 0 radical (unpaired) electrons. The summed E-state index contributed by atoms with van der Waals surface area (Å²) in [6.07, 6.45) is 2.21. The van der Waals surface area contributed by atoms with Gasteiger partial charge in [-0.2, -0.15) is 0 Å². The number of benzene rings is 4. The van der Waals surface area contributed by atoms with Crippen molar-refractivity contribution in [3.8, 4) is 5.75 Å². The molecule has 4 aromatic carbocycles. The summed E-state index contributed by atoms with van der Waals surface area (Å²) in [7, 11) is -1.13. The Balaban J connectivity index is 1.05. The summed E-state index contributed by atoms with van der Waals surface area (Å²) in [4.78, 5) is 4.76. The van der Waals surface area contributed by atoms with Crippen LogP contribution in [0.1, 0.15) is 29.0 Å². The molecule has 2 atom stereocenters. The van der Waals surface area contributed by atoms with E-state index < -0.39 is 8.07 Å². The summed E-state index contributed by atoms with van der Waals surface area (Å²) in [6.45, 7) is 10.5. The summed E-state index contributed by atoms with van der Waals surface area (Å²) < 4.78 is 21.1. The maximum Gasteiger partial charge on any atom is 0.189 e. The van der Waals surface area contributed by atoms with Gasteiger partial charge in [0.15, 0.2) is 11.1 Å². The van der Waals surface area contributed by atoms with Gasteiger partial charge in [-0.3, -0.25) is 0 Å². The van der Waals surface area contributed by atoms with Crippen molar-refractivity contribution < 1.29 is 14.2 Å². The van der Waals surface area contributed by atoms with Crippen molar-refractivity contribution in [1.82, 2.24) is 10.3 Å². The third-order valence-corrected chi connectivity index (χ3v) is 12.3. The lowest BCUT2D eigenvalue weighted by Gasteiger charge is -2.32. The Morgan fingerprint density at radius 3 is 2.62 bits per heavy atom. The van der Waals surface area contributed by atoms with Crippen LogP contribution in [0.15, 0.2) is 89.3 Å². The fourth-order valence-corrected chi connectivity index (χ4v) is 8.65. The first-order valence-corrected chi connectivity index (χ1v) is 21.5. The van der Waals surface area contributed by atoms with Gasteiger partial charge in [-0.1, -0.05) is 92.1 Å². The monoisotopic (exact) mass is 656 g/mol. The first kappa shape index (κ1) is 32.2. The van der Waals surface area contributed by atoms with Crippen molar-refractivity contribution in [2.45, 2.75) is 61.5 Å².